The Morgan fingerprint density at radius 2 is 1.89 bits per heavy atom. The molecule has 1 unspecified atom stereocenters. The Labute approximate surface area is 206 Å². The molecule has 0 spiro atoms. The molecule has 8 nitrogen and oxygen atoms in total. The van der Waals surface area contributed by atoms with Crippen molar-refractivity contribution in [2.24, 2.45) is 0 Å². The van der Waals surface area contributed by atoms with E-state index in [0.717, 1.165) is 16.5 Å². The normalized spacial score (nSPS) is 12.5. The number of halogens is 1. The molecule has 0 fully saturated rings. The van der Waals surface area contributed by atoms with Gasteiger partial charge in [-0.3, -0.25) is 0 Å². The summed E-state index contributed by atoms with van der Waals surface area (Å²) < 4.78 is 16.1. The van der Waals surface area contributed by atoms with E-state index in [1.807, 2.05) is 24.3 Å². The minimum atomic E-state index is -1.08. The van der Waals surface area contributed by atoms with Crippen molar-refractivity contribution in [1.82, 2.24) is 10.3 Å². The fourth-order valence-corrected chi connectivity index (χ4v) is 3.94. The maximum atomic E-state index is 13.2. The smallest absolute Gasteiger partial charge is 0.408 e. The molecule has 0 aliphatic rings. The maximum Gasteiger partial charge on any atom is 0.408 e. The zero-order chi connectivity index (χ0) is 25.3. The van der Waals surface area contributed by atoms with Crippen molar-refractivity contribution in [2.45, 2.75) is 45.8 Å². The molecule has 2 aromatic heterocycles. The van der Waals surface area contributed by atoms with Gasteiger partial charge in [-0.15, -0.1) is 0 Å². The number of carbonyl (C=O) groups is 2. The predicted octanol–water partition coefficient (Wildman–Crippen LogP) is 5.28. The fraction of sp³-hybridized carbons (Fsp3) is 0.269. The monoisotopic (exact) mass is 496 g/mol. The molecule has 1 atom stereocenters. The van der Waals surface area contributed by atoms with Crippen molar-refractivity contribution in [3.63, 3.8) is 0 Å². The number of nitrogens with one attached hydrogen (secondary N) is 2. The highest BCUT2D eigenvalue weighted by molar-refractivity contribution is 6.33. The fourth-order valence-electron chi connectivity index (χ4n) is 3.74. The molecule has 4 aromatic rings. The van der Waals surface area contributed by atoms with Crippen LogP contribution in [0, 0.1) is 6.92 Å². The van der Waals surface area contributed by atoms with Gasteiger partial charge in [0.25, 0.3) is 0 Å². The van der Waals surface area contributed by atoms with Gasteiger partial charge in [0.2, 0.25) is 0 Å². The van der Waals surface area contributed by atoms with Crippen LogP contribution in [-0.4, -0.2) is 28.7 Å². The first kappa shape index (κ1) is 24.3. The predicted molar refractivity (Wildman–Crippen MR) is 133 cm³/mol. The summed E-state index contributed by atoms with van der Waals surface area (Å²) in [6.07, 6.45) is 1.16. The van der Waals surface area contributed by atoms with E-state index in [2.05, 4.69) is 10.3 Å². The first-order valence-corrected chi connectivity index (χ1v) is 11.4. The number of hydrogen-bond acceptors (Lipinski definition) is 6. The number of esters is 1. The largest absolute Gasteiger partial charge is 0.444 e. The quantitative estimate of drug-likeness (QED) is 0.221. The Bertz CT molecular complexity index is 1480. The SMILES string of the molecule is Cc1cc(=O)oc2cc(OC(=O)C(Cc3c[nH]c4ccccc34)NC(=O)OC(C)(C)C)c(Cl)cc12. The number of rotatable bonds is 5. The Morgan fingerprint density at radius 1 is 1.14 bits per heavy atom. The molecule has 2 aromatic carbocycles. The number of aryl methyl sites for hydroxylation is 1. The number of fused-ring (bicyclic) bond motifs is 2. The van der Waals surface area contributed by atoms with Crippen LogP contribution in [0.25, 0.3) is 21.9 Å². The van der Waals surface area contributed by atoms with E-state index >= 15 is 0 Å². The third-order valence-electron chi connectivity index (χ3n) is 5.29. The summed E-state index contributed by atoms with van der Waals surface area (Å²) in [5, 5.41) is 4.30. The van der Waals surface area contributed by atoms with E-state index in [1.54, 1.807) is 40.0 Å². The zero-order valence-electron chi connectivity index (χ0n) is 19.7. The number of para-hydroxylation sites is 1. The van der Waals surface area contributed by atoms with Crippen molar-refractivity contribution in [3.8, 4) is 5.75 Å². The molecule has 182 valence electrons. The minimum Gasteiger partial charge on any atom is -0.444 e. The Morgan fingerprint density at radius 3 is 2.63 bits per heavy atom. The summed E-state index contributed by atoms with van der Waals surface area (Å²) in [5.74, 6) is -0.745. The molecule has 35 heavy (non-hydrogen) atoms. The Kier molecular flexibility index (Phi) is 6.58. The summed E-state index contributed by atoms with van der Waals surface area (Å²) in [5.41, 5.74) is 1.34. The van der Waals surface area contributed by atoms with Crippen LogP contribution in [0.4, 0.5) is 4.79 Å². The van der Waals surface area contributed by atoms with Gasteiger partial charge in [-0.25, -0.2) is 14.4 Å². The zero-order valence-corrected chi connectivity index (χ0v) is 20.5. The number of amides is 1. The molecule has 0 aliphatic heterocycles. The molecule has 2 heterocycles. The summed E-state index contributed by atoms with van der Waals surface area (Å²) >= 11 is 6.36. The summed E-state index contributed by atoms with van der Waals surface area (Å²) in [6.45, 7) is 6.93. The standard InChI is InChI=1S/C26H25ClN2O6/c1-14-9-23(30)33-21-12-22(18(27)11-17(14)21)34-24(31)20(29-25(32)35-26(2,3)4)10-15-13-28-19-8-6-5-7-16(15)19/h5-9,11-13,20,28H,10H2,1-4H3,(H,29,32). The molecule has 0 saturated carbocycles. The van der Waals surface area contributed by atoms with Crippen molar-refractivity contribution in [1.29, 1.82) is 0 Å². The molecule has 9 heteroatoms. The molecule has 2 N–H and O–H groups in total. The van der Waals surface area contributed by atoms with Crippen molar-refractivity contribution >= 4 is 45.5 Å². The number of aromatic amines is 1. The summed E-state index contributed by atoms with van der Waals surface area (Å²) in [6, 6.07) is 10.8. The lowest BCUT2D eigenvalue weighted by atomic mass is 10.1. The second-order valence-corrected chi connectivity index (χ2v) is 9.62. The highest BCUT2D eigenvalue weighted by Crippen LogP contribution is 2.31. The van der Waals surface area contributed by atoms with Gasteiger partial charge in [-0.1, -0.05) is 29.8 Å². The lowest BCUT2D eigenvalue weighted by molar-refractivity contribution is -0.136. The molecule has 0 saturated heterocycles. The lowest BCUT2D eigenvalue weighted by Gasteiger charge is -2.23. The van der Waals surface area contributed by atoms with Crippen molar-refractivity contribution in [3.05, 3.63) is 75.2 Å². The first-order chi connectivity index (χ1) is 16.5. The number of aromatic nitrogens is 1. The van der Waals surface area contributed by atoms with E-state index in [4.69, 9.17) is 25.5 Å². The van der Waals surface area contributed by atoms with E-state index < -0.39 is 29.3 Å². The van der Waals surface area contributed by atoms with Crippen molar-refractivity contribution < 1.29 is 23.5 Å². The van der Waals surface area contributed by atoms with Crippen LogP contribution in [0.15, 0.2) is 57.9 Å². The van der Waals surface area contributed by atoms with Gasteiger partial charge in [0, 0.05) is 41.0 Å². The van der Waals surface area contributed by atoms with Crippen LogP contribution >= 0.6 is 11.6 Å². The first-order valence-electron chi connectivity index (χ1n) is 11.0. The van der Waals surface area contributed by atoms with Gasteiger partial charge in [-0.05, 0) is 51.0 Å². The number of ether oxygens (including phenoxy) is 2. The second-order valence-electron chi connectivity index (χ2n) is 9.21. The van der Waals surface area contributed by atoms with Crippen LogP contribution in [0.5, 0.6) is 5.75 Å². The number of carbonyl (C=O) groups excluding carboxylic acids is 2. The van der Waals surface area contributed by atoms with Crippen LogP contribution in [0.2, 0.25) is 5.02 Å². The average molecular weight is 497 g/mol. The molecular weight excluding hydrogens is 472 g/mol. The molecule has 4 rings (SSSR count). The average Bonchev–Trinajstić information content (AvgIpc) is 3.16. The molecule has 0 aliphatic carbocycles. The summed E-state index contributed by atoms with van der Waals surface area (Å²) in [7, 11) is 0. The number of H-pyrrole nitrogens is 1. The van der Waals surface area contributed by atoms with Crippen LogP contribution in [-0.2, 0) is 16.0 Å². The van der Waals surface area contributed by atoms with Gasteiger partial charge < -0.3 is 24.2 Å². The number of benzene rings is 2. The van der Waals surface area contributed by atoms with E-state index in [9.17, 15) is 14.4 Å². The highest BCUT2D eigenvalue weighted by atomic mass is 35.5. The number of hydrogen-bond donors (Lipinski definition) is 2. The lowest BCUT2D eigenvalue weighted by Crippen LogP contribution is -2.46. The molecule has 0 bridgehead atoms. The molecule has 1 amide bonds. The van der Waals surface area contributed by atoms with Crippen molar-refractivity contribution in [2.75, 3.05) is 0 Å². The third kappa shape index (κ3) is 5.66. The van der Waals surface area contributed by atoms with Crippen LogP contribution in [0.3, 0.4) is 0 Å². The Balaban J connectivity index is 1.64. The molecule has 0 radical (unpaired) electrons. The number of alkyl carbamates (subject to hydrolysis) is 1. The van der Waals surface area contributed by atoms with E-state index in [1.165, 1.54) is 12.1 Å². The van der Waals surface area contributed by atoms with Gasteiger partial charge in [-0.2, -0.15) is 0 Å². The topological polar surface area (TPSA) is 111 Å². The highest BCUT2D eigenvalue weighted by Gasteiger charge is 2.28. The Hall–Kier alpha value is -3.78. The maximum absolute atomic E-state index is 13.2. The second kappa shape index (κ2) is 9.46. The van der Waals surface area contributed by atoms with Crippen LogP contribution < -0.4 is 15.7 Å². The van der Waals surface area contributed by atoms with E-state index in [-0.39, 0.29) is 22.8 Å². The van der Waals surface area contributed by atoms with E-state index in [0.29, 0.717) is 10.9 Å². The minimum absolute atomic E-state index is 0.00725. The van der Waals surface area contributed by atoms with Gasteiger partial charge in [0.15, 0.2) is 5.75 Å². The summed E-state index contributed by atoms with van der Waals surface area (Å²) in [4.78, 5) is 40.7. The third-order valence-corrected chi connectivity index (χ3v) is 5.58. The van der Waals surface area contributed by atoms with Gasteiger partial charge in [0.1, 0.15) is 17.2 Å². The van der Waals surface area contributed by atoms with Gasteiger partial charge in [0.05, 0.1) is 5.02 Å². The molecular formula is C26H25ClN2O6. The van der Waals surface area contributed by atoms with Crippen LogP contribution in [0.1, 0.15) is 31.9 Å². The van der Waals surface area contributed by atoms with Gasteiger partial charge >= 0.3 is 17.7 Å².